The van der Waals surface area contributed by atoms with E-state index < -0.39 is 11.4 Å². The molecule has 0 aromatic carbocycles. The molecule has 20 heavy (non-hydrogen) atoms. The highest BCUT2D eigenvalue weighted by molar-refractivity contribution is 5.78. The summed E-state index contributed by atoms with van der Waals surface area (Å²) in [7, 11) is 0. The maximum atomic E-state index is 11.7. The lowest BCUT2D eigenvalue weighted by atomic mass is 9.82. The first-order valence-electron chi connectivity index (χ1n) is 7.51. The number of nitrogens with one attached hydrogen (secondary N) is 2. The van der Waals surface area contributed by atoms with Crippen molar-refractivity contribution in [3.05, 3.63) is 0 Å². The van der Waals surface area contributed by atoms with E-state index in [1.165, 1.54) is 12.8 Å². The van der Waals surface area contributed by atoms with Gasteiger partial charge in [0.05, 0.1) is 5.41 Å². The Kier molecular flexibility index (Phi) is 6.78. The Morgan fingerprint density at radius 3 is 2.25 bits per heavy atom. The lowest BCUT2D eigenvalue weighted by molar-refractivity contribution is -0.149. The first-order chi connectivity index (χ1) is 9.54. The number of likely N-dealkylation sites (tertiary alicyclic amines) is 1. The zero-order valence-electron chi connectivity index (χ0n) is 12.6. The maximum absolute atomic E-state index is 11.7. The molecule has 6 heteroatoms. The van der Waals surface area contributed by atoms with Crippen LogP contribution in [0.25, 0.3) is 0 Å². The molecule has 0 saturated carbocycles. The highest BCUT2D eigenvalue weighted by Crippen LogP contribution is 2.25. The van der Waals surface area contributed by atoms with E-state index in [4.69, 9.17) is 0 Å². The van der Waals surface area contributed by atoms with Gasteiger partial charge in [0.25, 0.3) is 0 Å². The van der Waals surface area contributed by atoms with Gasteiger partial charge in [-0.05, 0) is 38.8 Å². The Labute approximate surface area is 120 Å². The van der Waals surface area contributed by atoms with Gasteiger partial charge in [-0.1, -0.05) is 13.8 Å². The van der Waals surface area contributed by atoms with Gasteiger partial charge in [-0.3, -0.25) is 4.79 Å². The molecule has 116 valence electrons. The van der Waals surface area contributed by atoms with E-state index in [1.807, 2.05) is 13.8 Å². The number of hydrogen-bond acceptors (Lipinski definition) is 3. The van der Waals surface area contributed by atoms with Crippen molar-refractivity contribution in [1.82, 2.24) is 15.5 Å². The average molecular weight is 285 g/mol. The summed E-state index contributed by atoms with van der Waals surface area (Å²) in [6.45, 7) is 7.53. The summed E-state index contributed by atoms with van der Waals surface area (Å²) >= 11 is 0. The summed E-state index contributed by atoms with van der Waals surface area (Å²) in [5.74, 6) is -0.847. The number of aliphatic carboxylic acids is 1. The smallest absolute Gasteiger partial charge is 0.314 e. The lowest BCUT2D eigenvalue weighted by Gasteiger charge is -2.27. The van der Waals surface area contributed by atoms with Crippen LogP contribution in [0.2, 0.25) is 0 Å². The molecule has 0 radical (unpaired) electrons. The highest BCUT2D eigenvalue weighted by atomic mass is 16.4. The minimum absolute atomic E-state index is 0.172. The minimum Gasteiger partial charge on any atom is -0.481 e. The van der Waals surface area contributed by atoms with Crippen molar-refractivity contribution in [2.75, 3.05) is 32.7 Å². The molecule has 1 aliphatic heterocycles. The van der Waals surface area contributed by atoms with E-state index in [9.17, 15) is 14.7 Å². The minimum atomic E-state index is -0.855. The number of carboxylic acid groups (broad SMARTS) is 1. The van der Waals surface area contributed by atoms with Crippen molar-refractivity contribution in [2.45, 2.75) is 39.5 Å². The van der Waals surface area contributed by atoms with E-state index in [0.717, 1.165) is 19.6 Å². The SMILES string of the molecule is CCC(CC)(CNC(=O)NCCN1CCCC1)C(=O)O. The van der Waals surface area contributed by atoms with Gasteiger partial charge in [0.1, 0.15) is 0 Å². The fourth-order valence-corrected chi connectivity index (χ4v) is 2.52. The molecule has 1 aliphatic rings. The predicted molar refractivity (Wildman–Crippen MR) is 77.7 cm³/mol. The predicted octanol–water partition coefficient (Wildman–Crippen LogP) is 1.27. The summed E-state index contributed by atoms with van der Waals surface area (Å²) in [6.07, 6.45) is 3.49. The van der Waals surface area contributed by atoms with E-state index in [-0.39, 0.29) is 12.6 Å². The van der Waals surface area contributed by atoms with Crippen molar-refractivity contribution in [3.8, 4) is 0 Å². The van der Waals surface area contributed by atoms with Gasteiger partial charge >= 0.3 is 12.0 Å². The fourth-order valence-electron chi connectivity index (χ4n) is 2.52. The van der Waals surface area contributed by atoms with Crippen molar-refractivity contribution in [3.63, 3.8) is 0 Å². The standard InChI is InChI=1S/C14H27N3O3/c1-3-14(4-2,12(18)19)11-16-13(20)15-7-10-17-8-5-6-9-17/h3-11H2,1-2H3,(H,18,19)(H2,15,16,20). The zero-order valence-corrected chi connectivity index (χ0v) is 12.6. The van der Waals surface area contributed by atoms with Crippen molar-refractivity contribution >= 4 is 12.0 Å². The topological polar surface area (TPSA) is 81.7 Å². The lowest BCUT2D eigenvalue weighted by Crippen LogP contribution is -2.47. The fraction of sp³-hybridized carbons (Fsp3) is 0.857. The molecule has 1 heterocycles. The molecule has 1 fully saturated rings. The Morgan fingerprint density at radius 1 is 1.15 bits per heavy atom. The van der Waals surface area contributed by atoms with E-state index in [0.29, 0.717) is 19.4 Å². The number of carbonyl (C=O) groups is 2. The normalized spacial score (nSPS) is 16.1. The zero-order chi connectivity index (χ0) is 15.0. The quantitative estimate of drug-likeness (QED) is 0.627. The number of carbonyl (C=O) groups excluding carboxylic acids is 1. The Bertz CT molecular complexity index is 324. The van der Waals surface area contributed by atoms with Crippen LogP contribution in [-0.2, 0) is 4.79 Å². The molecule has 6 nitrogen and oxygen atoms in total. The molecule has 0 atom stereocenters. The van der Waals surface area contributed by atoms with Gasteiger partial charge in [-0.2, -0.15) is 0 Å². The molecule has 0 spiro atoms. The van der Waals surface area contributed by atoms with E-state index in [1.54, 1.807) is 0 Å². The third-order valence-electron chi connectivity index (χ3n) is 4.31. The molecular weight excluding hydrogens is 258 g/mol. The summed E-state index contributed by atoms with van der Waals surface area (Å²) in [6, 6.07) is -0.281. The second kappa shape index (κ2) is 8.09. The van der Waals surface area contributed by atoms with Crippen LogP contribution in [0.4, 0.5) is 4.79 Å². The Balaban J connectivity index is 2.25. The number of nitrogens with zero attached hydrogens (tertiary/aromatic N) is 1. The summed E-state index contributed by atoms with van der Waals surface area (Å²) < 4.78 is 0. The molecule has 0 unspecified atom stereocenters. The number of urea groups is 1. The second-order valence-corrected chi connectivity index (χ2v) is 5.45. The highest BCUT2D eigenvalue weighted by Gasteiger charge is 2.35. The molecule has 1 rings (SSSR count). The Hall–Kier alpha value is -1.30. The number of rotatable bonds is 8. The van der Waals surface area contributed by atoms with Crippen molar-refractivity contribution in [2.24, 2.45) is 5.41 Å². The van der Waals surface area contributed by atoms with E-state index >= 15 is 0 Å². The van der Waals surface area contributed by atoms with Crippen LogP contribution in [0, 0.1) is 5.41 Å². The molecule has 0 aromatic rings. The van der Waals surface area contributed by atoms with Gasteiger partial charge in [0.15, 0.2) is 0 Å². The van der Waals surface area contributed by atoms with Gasteiger partial charge in [-0.25, -0.2) is 4.79 Å². The second-order valence-electron chi connectivity index (χ2n) is 5.45. The van der Waals surface area contributed by atoms with Crippen LogP contribution in [0.1, 0.15) is 39.5 Å². The van der Waals surface area contributed by atoms with Crippen molar-refractivity contribution < 1.29 is 14.7 Å². The molecule has 0 bridgehead atoms. The first kappa shape index (κ1) is 16.8. The molecular formula is C14H27N3O3. The third-order valence-corrected chi connectivity index (χ3v) is 4.31. The van der Waals surface area contributed by atoms with Crippen LogP contribution in [0.5, 0.6) is 0 Å². The Morgan fingerprint density at radius 2 is 1.75 bits per heavy atom. The number of carboxylic acids is 1. The van der Waals surface area contributed by atoms with Crippen LogP contribution in [-0.4, -0.2) is 54.7 Å². The molecule has 0 aromatic heterocycles. The number of hydrogen-bond donors (Lipinski definition) is 3. The maximum Gasteiger partial charge on any atom is 0.314 e. The van der Waals surface area contributed by atoms with Crippen LogP contribution in [0.3, 0.4) is 0 Å². The average Bonchev–Trinajstić information content (AvgIpc) is 2.93. The molecule has 1 saturated heterocycles. The summed E-state index contributed by atoms with van der Waals surface area (Å²) in [4.78, 5) is 25.3. The number of amides is 2. The summed E-state index contributed by atoms with van der Waals surface area (Å²) in [5.41, 5.74) is -0.855. The van der Waals surface area contributed by atoms with Gasteiger partial charge in [0.2, 0.25) is 0 Å². The van der Waals surface area contributed by atoms with Gasteiger partial charge < -0.3 is 20.6 Å². The molecule has 2 amide bonds. The summed E-state index contributed by atoms with van der Waals surface area (Å²) in [5, 5.41) is 14.7. The molecule has 3 N–H and O–H groups in total. The van der Waals surface area contributed by atoms with E-state index in [2.05, 4.69) is 15.5 Å². The first-order valence-corrected chi connectivity index (χ1v) is 7.51. The van der Waals surface area contributed by atoms with Crippen LogP contribution >= 0.6 is 0 Å². The van der Waals surface area contributed by atoms with Crippen LogP contribution < -0.4 is 10.6 Å². The molecule has 0 aliphatic carbocycles. The monoisotopic (exact) mass is 285 g/mol. The van der Waals surface area contributed by atoms with Crippen LogP contribution in [0.15, 0.2) is 0 Å². The van der Waals surface area contributed by atoms with Crippen molar-refractivity contribution in [1.29, 1.82) is 0 Å². The van der Waals surface area contributed by atoms with Gasteiger partial charge in [-0.15, -0.1) is 0 Å². The largest absolute Gasteiger partial charge is 0.481 e. The third kappa shape index (κ3) is 4.67. The van der Waals surface area contributed by atoms with Gasteiger partial charge in [0, 0.05) is 19.6 Å².